The molecule has 1 aliphatic rings. The Balaban J connectivity index is 2.14. The van der Waals surface area contributed by atoms with E-state index in [1.807, 2.05) is 7.05 Å². The van der Waals surface area contributed by atoms with Crippen molar-refractivity contribution < 1.29 is 0 Å². The summed E-state index contributed by atoms with van der Waals surface area (Å²) in [6, 6.07) is 10.2. The van der Waals surface area contributed by atoms with E-state index in [1.165, 1.54) is 30.6 Å². The van der Waals surface area contributed by atoms with Gasteiger partial charge in [-0.15, -0.1) is 0 Å². The van der Waals surface area contributed by atoms with E-state index in [0.717, 1.165) is 12.0 Å². The second-order valence-electron chi connectivity index (χ2n) is 5.75. The molecule has 0 aliphatic carbocycles. The molecule has 2 atom stereocenters. The molecule has 2 nitrogen and oxygen atoms in total. The van der Waals surface area contributed by atoms with Crippen molar-refractivity contribution in [2.45, 2.75) is 45.7 Å². The van der Waals surface area contributed by atoms with E-state index in [1.54, 1.807) is 0 Å². The van der Waals surface area contributed by atoms with Crippen molar-refractivity contribution in [3.05, 3.63) is 29.8 Å². The van der Waals surface area contributed by atoms with Gasteiger partial charge in [0.2, 0.25) is 0 Å². The molecule has 0 amide bonds. The van der Waals surface area contributed by atoms with Gasteiger partial charge in [-0.05, 0) is 50.4 Å². The van der Waals surface area contributed by atoms with Crippen molar-refractivity contribution in [3.63, 3.8) is 0 Å². The Bertz CT molecular complexity index is 369. The van der Waals surface area contributed by atoms with Crippen LogP contribution in [0.5, 0.6) is 0 Å². The molecule has 0 spiro atoms. The zero-order chi connectivity index (χ0) is 13.1. The lowest BCUT2D eigenvalue weighted by Crippen LogP contribution is -2.33. The molecular formula is C16H26N2. The molecule has 2 unspecified atom stereocenters. The molecule has 1 fully saturated rings. The first-order valence-electron chi connectivity index (χ1n) is 7.17. The summed E-state index contributed by atoms with van der Waals surface area (Å²) < 4.78 is 0. The smallest absolute Gasteiger partial charge is 0.0369 e. The Hall–Kier alpha value is -1.02. The SMILES string of the molecule is CNC(C)c1ccc(N2CCCC2C(C)C)cc1. The number of hydrogen-bond donors (Lipinski definition) is 1. The Kier molecular flexibility index (Phi) is 4.28. The lowest BCUT2D eigenvalue weighted by Gasteiger charge is -2.30. The van der Waals surface area contributed by atoms with Crippen LogP contribution in [-0.4, -0.2) is 19.6 Å². The number of benzene rings is 1. The third-order valence-electron chi connectivity index (χ3n) is 4.23. The van der Waals surface area contributed by atoms with Gasteiger partial charge in [0.05, 0.1) is 0 Å². The number of anilines is 1. The Morgan fingerprint density at radius 3 is 2.39 bits per heavy atom. The first-order valence-corrected chi connectivity index (χ1v) is 7.17. The summed E-state index contributed by atoms with van der Waals surface area (Å²) in [5.41, 5.74) is 2.75. The molecular weight excluding hydrogens is 220 g/mol. The predicted molar refractivity (Wildman–Crippen MR) is 79.1 cm³/mol. The van der Waals surface area contributed by atoms with Crippen LogP contribution in [0.15, 0.2) is 24.3 Å². The topological polar surface area (TPSA) is 15.3 Å². The van der Waals surface area contributed by atoms with Crippen LogP contribution in [0.4, 0.5) is 5.69 Å². The first kappa shape index (κ1) is 13.4. The second kappa shape index (κ2) is 5.75. The average molecular weight is 246 g/mol. The fourth-order valence-electron chi connectivity index (χ4n) is 2.93. The molecule has 1 heterocycles. The van der Waals surface area contributed by atoms with Crippen molar-refractivity contribution in [3.8, 4) is 0 Å². The van der Waals surface area contributed by atoms with Crippen LogP contribution >= 0.6 is 0 Å². The summed E-state index contributed by atoms with van der Waals surface area (Å²) in [4.78, 5) is 2.58. The minimum Gasteiger partial charge on any atom is -0.368 e. The molecule has 0 saturated carbocycles. The molecule has 0 bridgehead atoms. The van der Waals surface area contributed by atoms with E-state index in [9.17, 15) is 0 Å². The van der Waals surface area contributed by atoms with Gasteiger partial charge in [0.25, 0.3) is 0 Å². The van der Waals surface area contributed by atoms with E-state index in [4.69, 9.17) is 0 Å². The second-order valence-corrected chi connectivity index (χ2v) is 5.75. The van der Waals surface area contributed by atoms with Gasteiger partial charge in [0.1, 0.15) is 0 Å². The van der Waals surface area contributed by atoms with Crippen LogP contribution in [0.25, 0.3) is 0 Å². The largest absolute Gasteiger partial charge is 0.368 e. The Labute approximate surface area is 111 Å². The number of hydrogen-bond acceptors (Lipinski definition) is 2. The normalized spacial score (nSPS) is 21.6. The molecule has 0 aromatic heterocycles. The number of nitrogens with zero attached hydrogens (tertiary/aromatic N) is 1. The molecule has 0 radical (unpaired) electrons. The summed E-state index contributed by atoms with van der Waals surface area (Å²) in [5, 5.41) is 3.28. The number of nitrogens with one attached hydrogen (secondary N) is 1. The zero-order valence-electron chi connectivity index (χ0n) is 12.1. The van der Waals surface area contributed by atoms with E-state index >= 15 is 0 Å². The first-order chi connectivity index (χ1) is 8.63. The van der Waals surface area contributed by atoms with Gasteiger partial charge < -0.3 is 10.2 Å². The lowest BCUT2D eigenvalue weighted by atomic mass is 10.0. The Morgan fingerprint density at radius 2 is 1.83 bits per heavy atom. The monoisotopic (exact) mass is 246 g/mol. The van der Waals surface area contributed by atoms with Crippen LogP contribution in [0.2, 0.25) is 0 Å². The molecule has 18 heavy (non-hydrogen) atoms. The van der Waals surface area contributed by atoms with Gasteiger partial charge in [0.15, 0.2) is 0 Å². The average Bonchev–Trinajstić information content (AvgIpc) is 2.87. The van der Waals surface area contributed by atoms with Crippen molar-refractivity contribution in [1.82, 2.24) is 5.32 Å². The van der Waals surface area contributed by atoms with Gasteiger partial charge >= 0.3 is 0 Å². The van der Waals surface area contributed by atoms with Gasteiger partial charge in [-0.2, -0.15) is 0 Å². The zero-order valence-corrected chi connectivity index (χ0v) is 12.1. The standard InChI is InChI=1S/C16H26N2/c1-12(2)16-6-5-11-18(16)15-9-7-14(8-10-15)13(3)17-4/h7-10,12-13,16-17H,5-6,11H2,1-4H3. The van der Waals surface area contributed by atoms with E-state index in [-0.39, 0.29) is 0 Å². The summed E-state index contributed by atoms with van der Waals surface area (Å²) in [6.45, 7) is 8.08. The molecule has 1 aliphatic heterocycles. The fourth-order valence-corrected chi connectivity index (χ4v) is 2.93. The highest BCUT2D eigenvalue weighted by molar-refractivity contribution is 5.50. The highest BCUT2D eigenvalue weighted by atomic mass is 15.2. The minimum atomic E-state index is 0.429. The molecule has 2 rings (SSSR count). The summed E-state index contributed by atoms with van der Waals surface area (Å²) in [6.07, 6.45) is 2.67. The van der Waals surface area contributed by atoms with E-state index < -0.39 is 0 Å². The van der Waals surface area contributed by atoms with Crippen LogP contribution in [0.3, 0.4) is 0 Å². The molecule has 1 N–H and O–H groups in total. The molecule has 100 valence electrons. The van der Waals surface area contributed by atoms with E-state index in [0.29, 0.717) is 6.04 Å². The van der Waals surface area contributed by atoms with Gasteiger partial charge in [0, 0.05) is 24.3 Å². The predicted octanol–water partition coefficient (Wildman–Crippen LogP) is 3.59. The maximum absolute atomic E-state index is 3.28. The maximum Gasteiger partial charge on any atom is 0.0369 e. The summed E-state index contributed by atoms with van der Waals surface area (Å²) in [5.74, 6) is 0.739. The quantitative estimate of drug-likeness (QED) is 0.873. The van der Waals surface area contributed by atoms with Crippen LogP contribution in [0.1, 0.15) is 45.2 Å². The molecule has 2 heteroatoms. The molecule has 1 aromatic carbocycles. The lowest BCUT2D eigenvalue weighted by molar-refractivity contribution is 0.492. The van der Waals surface area contributed by atoms with Gasteiger partial charge in [-0.3, -0.25) is 0 Å². The van der Waals surface area contributed by atoms with E-state index in [2.05, 4.69) is 55.3 Å². The van der Waals surface area contributed by atoms with Crippen LogP contribution in [0, 0.1) is 5.92 Å². The summed E-state index contributed by atoms with van der Waals surface area (Å²) in [7, 11) is 2.01. The highest BCUT2D eigenvalue weighted by Gasteiger charge is 2.26. The van der Waals surface area contributed by atoms with Crippen LogP contribution in [-0.2, 0) is 0 Å². The van der Waals surface area contributed by atoms with Gasteiger partial charge in [-0.1, -0.05) is 26.0 Å². The maximum atomic E-state index is 3.28. The number of rotatable bonds is 4. The summed E-state index contributed by atoms with van der Waals surface area (Å²) >= 11 is 0. The van der Waals surface area contributed by atoms with Crippen molar-refractivity contribution in [2.75, 3.05) is 18.5 Å². The molecule has 1 aromatic rings. The third-order valence-corrected chi connectivity index (χ3v) is 4.23. The minimum absolute atomic E-state index is 0.429. The van der Waals surface area contributed by atoms with Crippen molar-refractivity contribution >= 4 is 5.69 Å². The van der Waals surface area contributed by atoms with Crippen molar-refractivity contribution in [1.29, 1.82) is 0 Å². The third kappa shape index (κ3) is 2.69. The van der Waals surface area contributed by atoms with Gasteiger partial charge in [-0.25, -0.2) is 0 Å². The Morgan fingerprint density at radius 1 is 1.17 bits per heavy atom. The fraction of sp³-hybridized carbons (Fsp3) is 0.625. The highest BCUT2D eigenvalue weighted by Crippen LogP contribution is 2.30. The molecule has 1 saturated heterocycles. The van der Waals surface area contributed by atoms with Crippen LogP contribution < -0.4 is 10.2 Å². The van der Waals surface area contributed by atoms with Crippen molar-refractivity contribution in [2.24, 2.45) is 5.92 Å².